The number of carbonyl (C=O) groups excluding carboxylic acids is 1. The Kier molecular flexibility index (Phi) is 12.3. The van der Waals surface area contributed by atoms with Crippen LogP contribution in [-0.4, -0.2) is 31.1 Å². The van der Waals surface area contributed by atoms with Gasteiger partial charge in [0.15, 0.2) is 21.3 Å². The first-order valence-electron chi connectivity index (χ1n) is 14.0. The van der Waals surface area contributed by atoms with Crippen molar-refractivity contribution in [2.75, 3.05) is 6.61 Å². The maximum absolute atomic E-state index is 12.6. The summed E-state index contributed by atoms with van der Waals surface area (Å²) in [6, 6.07) is 27.2. The van der Waals surface area contributed by atoms with Gasteiger partial charge in [0.1, 0.15) is 21.5 Å². The molecule has 0 amide bonds. The lowest BCUT2D eigenvalue weighted by Gasteiger charge is -2.22. The Morgan fingerprint density at radius 3 is 1.40 bits per heavy atom. The molecule has 0 aliphatic heterocycles. The zero-order valence-corrected chi connectivity index (χ0v) is 27.7. The Balaban J connectivity index is 0.000000279. The first kappa shape index (κ1) is 40.2. The van der Waals surface area contributed by atoms with E-state index in [1.165, 1.54) is 14.7 Å². The standard InChI is InChI=1S/C24H25O3S.C9H3F9O3S/c1-24(2,3)27-23(25)18-26-19-14-16-22(17-15-19)28(20-10-6-4-7-11-20)21-12-8-5-9-13-21;10-7(11,12)3-1-4(8(13,14)15)6(22(19,20)21)5(2-3)9(16,17)18/h4-17H,18H2,1-3H3;1-2H,(H,19,20,21)/q+1;/p-1. The van der Waals surface area contributed by atoms with E-state index in [0.717, 1.165) is 0 Å². The molecule has 0 saturated carbocycles. The van der Waals surface area contributed by atoms with Crippen LogP contribution >= 0.6 is 0 Å². The highest BCUT2D eigenvalue weighted by molar-refractivity contribution is 7.97. The number of hydrogen-bond donors (Lipinski definition) is 0. The minimum absolute atomic E-state index is 0.0975. The number of rotatable bonds is 7. The Bertz CT molecular complexity index is 1780. The molecule has 0 unspecified atom stereocenters. The van der Waals surface area contributed by atoms with E-state index < -0.39 is 68.0 Å². The van der Waals surface area contributed by atoms with Crippen molar-refractivity contribution in [3.8, 4) is 5.75 Å². The van der Waals surface area contributed by atoms with E-state index >= 15 is 0 Å². The quantitative estimate of drug-likeness (QED) is 0.0809. The van der Waals surface area contributed by atoms with Gasteiger partial charge in [0, 0.05) is 0 Å². The van der Waals surface area contributed by atoms with Crippen molar-refractivity contribution in [2.24, 2.45) is 0 Å². The van der Waals surface area contributed by atoms with Crippen LogP contribution < -0.4 is 4.74 Å². The molecule has 0 heterocycles. The fraction of sp³-hybridized carbons (Fsp3) is 0.242. The highest BCUT2D eigenvalue weighted by Crippen LogP contribution is 2.45. The van der Waals surface area contributed by atoms with Gasteiger partial charge < -0.3 is 14.0 Å². The molecule has 0 atom stereocenters. The van der Waals surface area contributed by atoms with Gasteiger partial charge in [-0.1, -0.05) is 36.4 Å². The number of carbonyl (C=O) groups is 1. The zero-order valence-electron chi connectivity index (χ0n) is 26.1. The van der Waals surface area contributed by atoms with Gasteiger partial charge in [0.05, 0.1) is 32.5 Å². The number of esters is 1. The fourth-order valence-electron chi connectivity index (χ4n) is 4.19. The molecule has 50 heavy (non-hydrogen) atoms. The number of hydrogen-bond acceptors (Lipinski definition) is 6. The van der Waals surface area contributed by atoms with Gasteiger partial charge in [-0.15, -0.1) is 0 Å². The van der Waals surface area contributed by atoms with Crippen molar-refractivity contribution in [1.29, 1.82) is 0 Å². The van der Waals surface area contributed by atoms with Crippen molar-refractivity contribution in [3.63, 3.8) is 0 Å². The molecule has 6 nitrogen and oxygen atoms in total. The van der Waals surface area contributed by atoms with Crippen LogP contribution in [0.4, 0.5) is 39.5 Å². The van der Waals surface area contributed by atoms with Crippen LogP contribution in [0.1, 0.15) is 37.5 Å². The predicted molar refractivity (Wildman–Crippen MR) is 162 cm³/mol. The zero-order chi connectivity index (χ0) is 37.7. The van der Waals surface area contributed by atoms with Crippen molar-refractivity contribution in [2.45, 2.75) is 64.5 Å². The topological polar surface area (TPSA) is 92.7 Å². The molecular weight excluding hydrogens is 727 g/mol. The normalized spacial score (nSPS) is 12.6. The van der Waals surface area contributed by atoms with Crippen molar-refractivity contribution in [3.05, 3.63) is 114 Å². The Morgan fingerprint density at radius 1 is 0.660 bits per heavy atom. The van der Waals surface area contributed by atoms with Gasteiger partial charge in [-0.25, -0.2) is 13.2 Å². The Morgan fingerprint density at radius 2 is 1.06 bits per heavy atom. The van der Waals surface area contributed by atoms with Crippen molar-refractivity contribution < 1.29 is 66.8 Å². The van der Waals surface area contributed by atoms with Gasteiger partial charge in [0.2, 0.25) is 0 Å². The second-order valence-electron chi connectivity index (χ2n) is 11.1. The van der Waals surface area contributed by atoms with Gasteiger partial charge in [0.25, 0.3) is 0 Å². The molecular formula is C33H27F9O6S2. The predicted octanol–water partition coefficient (Wildman–Crippen LogP) is 9.15. The van der Waals surface area contributed by atoms with Crippen LogP contribution in [0.2, 0.25) is 0 Å². The summed E-state index contributed by atoms with van der Waals surface area (Å²) < 4.78 is 156. The van der Waals surface area contributed by atoms with Gasteiger partial charge >= 0.3 is 24.5 Å². The highest BCUT2D eigenvalue weighted by Gasteiger charge is 2.46. The average Bonchev–Trinajstić information content (AvgIpc) is 2.99. The van der Waals surface area contributed by atoms with Crippen LogP contribution in [0, 0.1) is 0 Å². The summed E-state index contributed by atoms with van der Waals surface area (Å²) in [7, 11) is -6.55. The van der Waals surface area contributed by atoms with E-state index in [-0.39, 0.29) is 23.5 Å². The van der Waals surface area contributed by atoms with Gasteiger partial charge in [-0.3, -0.25) is 0 Å². The van der Waals surface area contributed by atoms with E-state index in [9.17, 15) is 57.3 Å². The van der Waals surface area contributed by atoms with E-state index in [0.29, 0.717) is 5.75 Å². The summed E-state index contributed by atoms with van der Waals surface area (Å²) in [5.41, 5.74) is -8.56. The number of benzene rings is 4. The lowest BCUT2D eigenvalue weighted by molar-refractivity contribution is -0.157. The molecule has 0 saturated heterocycles. The third-order valence-corrected chi connectivity index (χ3v) is 9.24. The highest BCUT2D eigenvalue weighted by atomic mass is 32.2. The molecule has 0 N–H and O–H groups in total. The second-order valence-corrected chi connectivity index (χ2v) is 14.5. The summed E-state index contributed by atoms with van der Waals surface area (Å²) in [5, 5.41) is 0. The van der Waals surface area contributed by atoms with Crippen LogP contribution in [0.15, 0.2) is 117 Å². The lowest BCUT2D eigenvalue weighted by atomic mass is 10.0. The number of alkyl halides is 9. The molecule has 0 aromatic heterocycles. The fourth-order valence-corrected chi connectivity index (χ4v) is 7.16. The van der Waals surface area contributed by atoms with Gasteiger partial charge in [-0.05, 0) is 81.4 Å². The van der Waals surface area contributed by atoms with E-state index in [1.54, 1.807) is 0 Å². The molecule has 0 aliphatic carbocycles. The molecule has 0 fully saturated rings. The summed E-state index contributed by atoms with van der Waals surface area (Å²) in [6.45, 7) is 5.43. The maximum atomic E-state index is 12.6. The maximum Gasteiger partial charge on any atom is 0.417 e. The average molecular weight is 755 g/mol. The monoisotopic (exact) mass is 754 g/mol. The third-order valence-electron chi connectivity index (χ3n) is 6.07. The molecule has 0 radical (unpaired) electrons. The van der Waals surface area contributed by atoms with Gasteiger partial charge in [-0.2, -0.15) is 39.5 Å². The molecule has 270 valence electrons. The summed E-state index contributed by atoms with van der Waals surface area (Å²) in [5.74, 6) is 0.282. The molecule has 0 aliphatic rings. The van der Waals surface area contributed by atoms with Crippen LogP contribution in [-0.2, 0) is 49.1 Å². The van der Waals surface area contributed by atoms with Crippen molar-refractivity contribution >= 4 is 27.0 Å². The first-order chi connectivity index (χ1) is 22.9. The first-order valence-corrected chi connectivity index (χ1v) is 16.7. The molecule has 4 aromatic carbocycles. The third kappa shape index (κ3) is 11.4. The minimum Gasteiger partial charge on any atom is -0.744 e. The molecule has 4 aromatic rings. The summed E-state index contributed by atoms with van der Waals surface area (Å²) >= 11 is 0. The molecule has 4 rings (SSSR count). The number of halogens is 9. The van der Waals surface area contributed by atoms with Crippen molar-refractivity contribution in [1.82, 2.24) is 0 Å². The minimum atomic E-state index is -6.35. The molecule has 0 bridgehead atoms. The second kappa shape index (κ2) is 15.3. The van der Waals surface area contributed by atoms with E-state index in [2.05, 4.69) is 60.7 Å². The van der Waals surface area contributed by atoms with Crippen LogP contribution in [0.5, 0.6) is 5.75 Å². The van der Waals surface area contributed by atoms with Crippen LogP contribution in [0.25, 0.3) is 0 Å². The Hall–Kier alpha value is -4.22. The van der Waals surface area contributed by atoms with Crippen LogP contribution in [0.3, 0.4) is 0 Å². The summed E-state index contributed by atoms with van der Waals surface area (Å²) in [6.07, 6.45) is -17.5. The molecule has 17 heteroatoms. The Labute approximate surface area is 283 Å². The largest absolute Gasteiger partial charge is 0.744 e. The lowest BCUT2D eigenvalue weighted by Crippen LogP contribution is -2.27. The summed E-state index contributed by atoms with van der Waals surface area (Å²) in [4.78, 5) is 12.8. The van der Waals surface area contributed by atoms with E-state index in [1.807, 2.05) is 45.0 Å². The smallest absolute Gasteiger partial charge is 0.417 e. The SMILES string of the molecule is CC(C)(C)OC(=O)COc1ccc([S+](c2ccccc2)c2ccccc2)cc1.O=S(=O)([O-])c1c(C(F)(F)F)cc(C(F)(F)F)cc1C(F)(F)F. The van der Waals surface area contributed by atoms with E-state index in [4.69, 9.17) is 9.47 Å². The molecule has 0 spiro atoms. The number of ether oxygens (including phenoxy) is 2.